The van der Waals surface area contributed by atoms with Gasteiger partial charge in [-0.05, 0) is 26.2 Å². The van der Waals surface area contributed by atoms with Crippen molar-refractivity contribution < 1.29 is 4.79 Å². The summed E-state index contributed by atoms with van der Waals surface area (Å²) < 4.78 is 0. The van der Waals surface area contributed by atoms with Gasteiger partial charge >= 0.3 is 0 Å². The molecule has 14 heavy (non-hydrogen) atoms. The van der Waals surface area contributed by atoms with Crippen LogP contribution in [0.4, 0.5) is 0 Å². The van der Waals surface area contributed by atoms with Crippen molar-refractivity contribution >= 4 is 5.91 Å². The number of nitrogens with one attached hydrogen (secondary N) is 1. The molecule has 2 unspecified atom stereocenters. The standard InChI is InChI=1S/C11H18N2O/c1-8(2)11(14)13-6-5-9-3-4-10(7-13)12-9/h9-10,12H,1,3-7H2,2H3. The first-order valence-corrected chi connectivity index (χ1v) is 5.37. The maximum atomic E-state index is 11.7. The van der Waals surface area contributed by atoms with Gasteiger partial charge in [-0.1, -0.05) is 6.58 Å². The van der Waals surface area contributed by atoms with Crippen molar-refractivity contribution in [1.82, 2.24) is 10.2 Å². The minimum absolute atomic E-state index is 0.124. The molecule has 2 rings (SSSR count). The monoisotopic (exact) mass is 194 g/mol. The van der Waals surface area contributed by atoms with Crippen LogP contribution in [0.2, 0.25) is 0 Å². The molecule has 0 aromatic heterocycles. The third-order valence-corrected chi connectivity index (χ3v) is 3.18. The van der Waals surface area contributed by atoms with Crippen LogP contribution in [-0.2, 0) is 4.79 Å². The average molecular weight is 194 g/mol. The van der Waals surface area contributed by atoms with Gasteiger partial charge in [0.1, 0.15) is 0 Å². The molecule has 2 saturated heterocycles. The summed E-state index contributed by atoms with van der Waals surface area (Å²) in [6.45, 7) is 7.25. The molecule has 2 heterocycles. The molecule has 0 saturated carbocycles. The van der Waals surface area contributed by atoms with Crippen molar-refractivity contribution in [3.8, 4) is 0 Å². The molecule has 1 amide bonds. The Hall–Kier alpha value is -0.830. The van der Waals surface area contributed by atoms with Crippen molar-refractivity contribution in [1.29, 1.82) is 0 Å². The summed E-state index contributed by atoms with van der Waals surface area (Å²) in [6, 6.07) is 1.16. The van der Waals surface area contributed by atoms with Crippen LogP contribution >= 0.6 is 0 Å². The molecular weight excluding hydrogens is 176 g/mol. The first-order chi connectivity index (χ1) is 6.66. The maximum absolute atomic E-state index is 11.7. The van der Waals surface area contributed by atoms with Crippen LogP contribution in [0.3, 0.4) is 0 Å². The van der Waals surface area contributed by atoms with Gasteiger partial charge in [-0.3, -0.25) is 4.79 Å². The van der Waals surface area contributed by atoms with E-state index in [2.05, 4.69) is 11.9 Å². The number of hydrogen-bond donors (Lipinski definition) is 1. The Bertz CT molecular complexity index is 262. The Morgan fingerprint density at radius 2 is 2.07 bits per heavy atom. The molecule has 0 radical (unpaired) electrons. The lowest BCUT2D eigenvalue weighted by Crippen LogP contribution is -2.39. The zero-order valence-corrected chi connectivity index (χ0v) is 8.75. The largest absolute Gasteiger partial charge is 0.337 e. The number of carbonyl (C=O) groups is 1. The lowest BCUT2D eigenvalue weighted by atomic mass is 10.1. The van der Waals surface area contributed by atoms with E-state index in [0.29, 0.717) is 17.7 Å². The SMILES string of the molecule is C=C(C)C(=O)N1CCC2CCC(C1)N2. The van der Waals surface area contributed by atoms with Gasteiger partial charge < -0.3 is 10.2 Å². The number of nitrogens with zero attached hydrogens (tertiary/aromatic N) is 1. The second-order valence-corrected chi connectivity index (χ2v) is 4.46. The van der Waals surface area contributed by atoms with Crippen LogP contribution in [0.15, 0.2) is 12.2 Å². The first-order valence-electron chi connectivity index (χ1n) is 5.37. The van der Waals surface area contributed by atoms with Crippen LogP contribution in [0.1, 0.15) is 26.2 Å². The van der Waals surface area contributed by atoms with Crippen molar-refractivity contribution in [2.75, 3.05) is 13.1 Å². The van der Waals surface area contributed by atoms with Crippen LogP contribution in [0.25, 0.3) is 0 Å². The van der Waals surface area contributed by atoms with Gasteiger partial charge in [0.25, 0.3) is 0 Å². The van der Waals surface area contributed by atoms with Gasteiger partial charge in [-0.15, -0.1) is 0 Å². The lowest BCUT2D eigenvalue weighted by molar-refractivity contribution is -0.127. The lowest BCUT2D eigenvalue weighted by Gasteiger charge is -2.24. The Balaban J connectivity index is 2.01. The van der Waals surface area contributed by atoms with E-state index in [0.717, 1.165) is 19.5 Å². The Labute approximate surface area is 85.2 Å². The summed E-state index contributed by atoms with van der Waals surface area (Å²) in [7, 11) is 0. The smallest absolute Gasteiger partial charge is 0.248 e. The third-order valence-electron chi connectivity index (χ3n) is 3.18. The van der Waals surface area contributed by atoms with Crippen LogP contribution < -0.4 is 5.32 Å². The van der Waals surface area contributed by atoms with Gasteiger partial charge in [0.15, 0.2) is 0 Å². The number of rotatable bonds is 1. The number of amides is 1. The number of fused-ring (bicyclic) bond motifs is 2. The fourth-order valence-electron chi connectivity index (χ4n) is 2.40. The van der Waals surface area contributed by atoms with Gasteiger partial charge in [0, 0.05) is 30.7 Å². The molecule has 0 aromatic carbocycles. The predicted octanol–water partition coefficient (Wildman–Crippen LogP) is 0.915. The van der Waals surface area contributed by atoms with Crippen molar-refractivity contribution in [2.45, 2.75) is 38.3 Å². The molecule has 3 heteroatoms. The fraction of sp³-hybridized carbons (Fsp3) is 0.727. The summed E-state index contributed by atoms with van der Waals surface area (Å²) in [5.74, 6) is 0.124. The van der Waals surface area contributed by atoms with Crippen molar-refractivity contribution in [3.63, 3.8) is 0 Å². The second kappa shape index (κ2) is 3.73. The van der Waals surface area contributed by atoms with E-state index >= 15 is 0 Å². The number of likely N-dealkylation sites (tertiary alicyclic amines) is 1. The van der Waals surface area contributed by atoms with Crippen molar-refractivity contribution in [3.05, 3.63) is 12.2 Å². The minimum Gasteiger partial charge on any atom is -0.337 e. The molecule has 2 atom stereocenters. The summed E-state index contributed by atoms with van der Waals surface area (Å²) in [4.78, 5) is 13.7. The zero-order valence-electron chi connectivity index (χ0n) is 8.75. The quantitative estimate of drug-likeness (QED) is 0.629. The molecule has 2 fully saturated rings. The normalized spacial score (nSPS) is 31.4. The number of hydrogen-bond acceptors (Lipinski definition) is 2. The highest BCUT2D eigenvalue weighted by atomic mass is 16.2. The summed E-state index contributed by atoms with van der Waals surface area (Å²) in [5.41, 5.74) is 0.655. The third kappa shape index (κ3) is 1.82. The second-order valence-electron chi connectivity index (χ2n) is 4.46. The average Bonchev–Trinajstić information content (AvgIpc) is 2.45. The number of carbonyl (C=O) groups excluding carboxylic acids is 1. The van der Waals surface area contributed by atoms with Gasteiger partial charge in [-0.2, -0.15) is 0 Å². The zero-order chi connectivity index (χ0) is 10.1. The van der Waals surface area contributed by atoms with E-state index in [1.165, 1.54) is 12.8 Å². The molecule has 0 aromatic rings. The van der Waals surface area contributed by atoms with E-state index < -0.39 is 0 Å². The minimum atomic E-state index is 0.124. The van der Waals surface area contributed by atoms with E-state index in [9.17, 15) is 4.79 Å². The van der Waals surface area contributed by atoms with E-state index in [1.807, 2.05) is 4.90 Å². The highest BCUT2D eigenvalue weighted by Gasteiger charge is 2.30. The van der Waals surface area contributed by atoms with Crippen molar-refractivity contribution in [2.24, 2.45) is 0 Å². The van der Waals surface area contributed by atoms with Crippen LogP contribution in [-0.4, -0.2) is 36.0 Å². The van der Waals surface area contributed by atoms with E-state index in [4.69, 9.17) is 0 Å². The van der Waals surface area contributed by atoms with Crippen LogP contribution in [0, 0.1) is 0 Å². The molecule has 2 aliphatic rings. The fourth-order valence-corrected chi connectivity index (χ4v) is 2.40. The Kier molecular flexibility index (Phi) is 2.59. The highest BCUT2D eigenvalue weighted by Crippen LogP contribution is 2.20. The summed E-state index contributed by atoms with van der Waals surface area (Å²) in [5, 5.41) is 3.55. The molecule has 78 valence electrons. The molecule has 2 bridgehead atoms. The molecule has 0 spiro atoms. The molecular formula is C11H18N2O. The topological polar surface area (TPSA) is 32.3 Å². The first kappa shape index (κ1) is 9.71. The maximum Gasteiger partial charge on any atom is 0.248 e. The van der Waals surface area contributed by atoms with E-state index in [-0.39, 0.29) is 5.91 Å². The Morgan fingerprint density at radius 1 is 1.36 bits per heavy atom. The van der Waals surface area contributed by atoms with Gasteiger partial charge in [0.2, 0.25) is 5.91 Å². The van der Waals surface area contributed by atoms with Gasteiger partial charge in [-0.25, -0.2) is 0 Å². The summed E-state index contributed by atoms with van der Waals surface area (Å²) in [6.07, 6.45) is 3.58. The summed E-state index contributed by atoms with van der Waals surface area (Å²) >= 11 is 0. The van der Waals surface area contributed by atoms with E-state index in [1.54, 1.807) is 6.92 Å². The molecule has 1 N–H and O–H groups in total. The highest BCUT2D eigenvalue weighted by molar-refractivity contribution is 5.92. The predicted molar refractivity (Wildman–Crippen MR) is 56.0 cm³/mol. The Morgan fingerprint density at radius 3 is 2.79 bits per heavy atom. The van der Waals surface area contributed by atoms with Crippen LogP contribution in [0.5, 0.6) is 0 Å². The molecule has 2 aliphatic heterocycles. The van der Waals surface area contributed by atoms with Gasteiger partial charge in [0.05, 0.1) is 0 Å². The molecule has 0 aliphatic carbocycles. The molecule has 3 nitrogen and oxygen atoms in total.